The Balaban J connectivity index is 1.34. The Morgan fingerprint density at radius 1 is 1.29 bits per heavy atom. The number of aromatic nitrogens is 2. The van der Waals surface area contributed by atoms with E-state index in [0.717, 1.165) is 41.6 Å². The maximum atomic E-state index is 12.9. The van der Waals surface area contributed by atoms with Crippen molar-refractivity contribution in [2.45, 2.75) is 45.6 Å². The molecule has 0 bridgehead atoms. The number of thiophene rings is 1. The van der Waals surface area contributed by atoms with Gasteiger partial charge in [-0.1, -0.05) is 17.7 Å². The molecular formula is C22H22ClN3O4S. The zero-order valence-electron chi connectivity index (χ0n) is 17.1. The smallest absolute Gasteiger partial charge is 0.308 e. The molecule has 9 heteroatoms. The standard InChI is InChI=1S/C22H22ClN3O4S/c1-13-15(23)6-4-7-16(13)25-18(27)11-30-19(28)9-10-26-12-24-21-20(22(26)29)14-5-2-3-8-17(14)31-21/h4,6-7,12H,2-3,5,8-11H2,1H3,(H,25,27). The molecule has 0 saturated heterocycles. The summed E-state index contributed by atoms with van der Waals surface area (Å²) in [5.41, 5.74) is 2.31. The van der Waals surface area contributed by atoms with Crippen molar-refractivity contribution in [2.24, 2.45) is 0 Å². The number of carbonyl (C=O) groups is 2. The van der Waals surface area contributed by atoms with Gasteiger partial charge in [-0.15, -0.1) is 11.3 Å². The number of aryl methyl sites for hydroxylation is 3. The topological polar surface area (TPSA) is 90.3 Å². The average molecular weight is 460 g/mol. The number of hydrogen-bond acceptors (Lipinski definition) is 6. The molecule has 0 unspecified atom stereocenters. The zero-order valence-corrected chi connectivity index (χ0v) is 18.6. The highest BCUT2D eigenvalue weighted by atomic mass is 35.5. The van der Waals surface area contributed by atoms with Crippen LogP contribution in [0.1, 0.15) is 35.3 Å². The van der Waals surface area contributed by atoms with Crippen LogP contribution in [0.25, 0.3) is 10.2 Å². The largest absolute Gasteiger partial charge is 0.456 e. The minimum atomic E-state index is -0.558. The first-order chi connectivity index (χ1) is 14.9. The molecule has 0 fully saturated rings. The van der Waals surface area contributed by atoms with Crippen LogP contribution in [0.3, 0.4) is 0 Å². The predicted octanol–water partition coefficient (Wildman–Crippen LogP) is 3.87. The van der Waals surface area contributed by atoms with Gasteiger partial charge >= 0.3 is 5.97 Å². The third-order valence-electron chi connectivity index (χ3n) is 5.40. The fourth-order valence-corrected chi connectivity index (χ4v) is 5.09. The molecule has 1 aliphatic carbocycles. The van der Waals surface area contributed by atoms with E-state index in [-0.39, 0.29) is 18.5 Å². The number of carbonyl (C=O) groups excluding carboxylic acids is 2. The number of rotatable bonds is 6. The molecular weight excluding hydrogens is 438 g/mol. The van der Waals surface area contributed by atoms with Gasteiger partial charge in [-0.2, -0.15) is 0 Å². The van der Waals surface area contributed by atoms with Crippen molar-refractivity contribution in [3.63, 3.8) is 0 Å². The van der Waals surface area contributed by atoms with Gasteiger partial charge in [0, 0.05) is 22.1 Å². The second-order valence-electron chi connectivity index (χ2n) is 7.51. The monoisotopic (exact) mass is 459 g/mol. The number of amides is 1. The van der Waals surface area contributed by atoms with Gasteiger partial charge in [0.15, 0.2) is 6.61 Å². The SMILES string of the molecule is Cc1c(Cl)cccc1NC(=O)COC(=O)CCn1cnc2sc3c(c2c1=O)CCCC3. The Hall–Kier alpha value is -2.71. The highest BCUT2D eigenvalue weighted by Gasteiger charge is 2.20. The van der Waals surface area contributed by atoms with Crippen molar-refractivity contribution < 1.29 is 14.3 Å². The quantitative estimate of drug-likeness (QED) is 0.565. The first-order valence-electron chi connectivity index (χ1n) is 10.1. The normalized spacial score (nSPS) is 13.1. The van der Waals surface area contributed by atoms with Gasteiger partial charge in [-0.25, -0.2) is 4.98 Å². The molecule has 7 nitrogen and oxygen atoms in total. The summed E-state index contributed by atoms with van der Waals surface area (Å²) in [6.45, 7) is 1.53. The third kappa shape index (κ3) is 4.65. The Morgan fingerprint density at radius 3 is 2.94 bits per heavy atom. The molecule has 3 aromatic rings. The third-order valence-corrected chi connectivity index (χ3v) is 7.01. The molecule has 0 atom stereocenters. The van der Waals surface area contributed by atoms with E-state index in [4.69, 9.17) is 16.3 Å². The van der Waals surface area contributed by atoms with Gasteiger partial charge in [0.05, 0.1) is 18.1 Å². The molecule has 2 aromatic heterocycles. The highest BCUT2D eigenvalue weighted by Crippen LogP contribution is 2.33. The molecule has 31 heavy (non-hydrogen) atoms. The number of hydrogen-bond donors (Lipinski definition) is 1. The molecule has 4 rings (SSSR count). The molecule has 1 amide bonds. The van der Waals surface area contributed by atoms with E-state index in [1.165, 1.54) is 15.8 Å². The van der Waals surface area contributed by atoms with Gasteiger partial charge in [0.25, 0.3) is 11.5 Å². The number of nitrogens with one attached hydrogen (secondary N) is 1. The number of fused-ring (bicyclic) bond motifs is 3. The second-order valence-corrected chi connectivity index (χ2v) is 9.00. The van der Waals surface area contributed by atoms with Crippen molar-refractivity contribution in [2.75, 3.05) is 11.9 Å². The number of nitrogens with zero attached hydrogens (tertiary/aromatic N) is 2. The summed E-state index contributed by atoms with van der Waals surface area (Å²) in [5, 5.41) is 3.90. The van der Waals surface area contributed by atoms with Gasteiger partial charge in [0.1, 0.15) is 4.83 Å². The minimum absolute atomic E-state index is 0.0249. The number of ether oxygens (including phenoxy) is 1. The van der Waals surface area contributed by atoms with Gasteiger partial charge in [-0.05, 0) is 55.9 Å². The van der Waals surface area contributed by atoms with E-state index in [2.05, 4.69) is 10.3 Å². The van der Waals surface area contributed by atoms with Crippen LogP contribution in [0.5, 0.6) is 0 Å². The number of anilines is 1. The van der Waals surface area contributed by atoms with Gasteiger partial charge in [0.2, 0.25) is 0 Å². The fourth-order valence-electron chi connectivity index (χ4n) is 3.70. The van der Waals surface area contributed by atoms with Crippen LogP contribution in [0.4, 0.5) is 5.69 Å². The van der Waals surface area contributed by atoms with Crippen LogP contribution < -0.4 is 10.9 Å². The molecule has 0 aliphatic heterocycles. The van der Waals surface area contributed by atoms with Crippen molar-refractivity contribution in [1.82, 2.24) is 9.55 Å². The summed E-state index contributed by atoms with van der Waals surface area (Å²) >= 11 is 7.63. The lowest BCUT2D eigenvalue weighted by Gasteiger charge is -2.11. The lowest BCUT2D eigenvalue weighted by atomic mass is 9.97. The Kier molecular flexibility index (Phi) is 6.38. The summed E-state index contributed by atoms with van der Waals surface area (Å²) in [6.07, 6.45) is 5.58. The Labute approximate surface area is 188 Å². The Bertz CT molecular complexity index is 1220. The molecule has 162 valence electrons. The van der Waals surface area contributed by atoms with Crippen molar-refractivity contribution >= 4 is 50.7 Å². The van der Waals surface area contributed by atoms with E-state index in [1.54, 1.807) is 36.5 Å². The summed E-state index contributed by atoms with van der Waals surface area (Å²) in [4.78, 5) is 43.5. The van der Waals surface area contributed by atoms with Crippen molar-refractivity contribution in [3.05, 3.63) is 55.9 Å². The number of benzene rings is 1. The molecule has 0 spiro atoms. The van der Waals surface area contributed by atoms with Crippen LogP contribution in [0, 0.1) is 6.92 Å². The van der Waals surface area contributed by atoms with E-state index in [0.29, 0.717) is 16.1 Å². The first kappa shape index (κ1) is 21.5. The number of halogens is 1. The van der Waals surface area contributed by atoms with Crippen LogP contribution in [-0.2, 0) is 33.7 Å². The lowest BCUT2D eigenvalue weighted by molar-refractivity contribution is -0.147. The maximum Gasteiger partial charge on any atom is 0.308 e. The molecule has 0 radical (unpaired) electrons. The van der Waals surface area contributed by atoms with Crippen LogP contribution >= 0.6 is 22.9 Å². The van der Waals surface area contributed by atoms with Crippen molar-refractivity contribution in [3.8, 4) is 0 Å². The van der Waals surface area contributed by atoms with Crippen LogP contribution in [0.2, 0.25) is 5.02 Å². The maximum absolute atomic E-state index is 12.9. The summed E-state index contributed by atoms with van der Waals surface area (Å²) in [6, 6.07) is 5.18. The average Bonchev–Trinajstić information content (AvgIpc) is 3.14. The highest BCUT2D eigenvalue weighted by molar-refractivity contribution is 7.18. The molecule has 1 aliphatic rings. The number of esters is 1. The first-order valence-corrected chi connectivity index (χ1v) is 11.3. The van der Waals surface area contributed by atoms with Crippen LogP contribution in [0.15, 0.2) is 29.3 Å². The Morgan fingerprint density at radius 2 is 2.10 bits per heavy atom. The molecule has 2 heterocycles. The fraction of sp³-hybridized carbons (Fsp3) is 0.364. The molecule has 1 aromatic carbocycles. The zero-order chi connectivity index (χ0) is 22.0. The van der Waals surface area contributed by atoms with E-state index in [1.807, 2.05) is 0 Å². The summed E-state index contributed by atoms with van der Waals surface area (Å²) in [7, 11) is 0. The lowest BCUT2D eigenvalue weighted by Crippen LogP contribution is -2.25. The molecule has 1 N–H and O–H groups in total. The molecule has 0 saturated carbocycles. The van der Waals surface area contributed by atoms with E-state index in [9.17, 15) is 14.4 Å². The van der Waals surface area contributed by atoms with E-state index < -0.39 is 18.5 Å². The minimum Gasteiger partial charge on any atom is -0.456 e. The van der Waals surface area contributed by atoms with E-state index >= 15 is 0 Å². The van der Waals surface area contributed by atoms with Crippen LogP contribution in [-0.4, -0.2) is 28.0 Å². The summed E-state index contributed by atoms with van der Waals surface area (Å²) in [5.74, 6) is -1.01. The van der Waals surface area contributed by atoms with Gasteiger partial charge < -0.3 is 10.1 Å². The predicted molar refractivity (Wildman–Crippen MR) is 121 cm³/mol. The second kappa shape index (κ2) is 9.20. The summed E-state index contributed by atoms with van der Waals surface area (Å²) < 4.78 is 6.50. The van der Waals surface area contributed by atoms with Crippen molar-refractivity contribution in [1.29, 1.82) is 0 Å². The van der Waals surface area contributed by atoms with Gasteiger partial charge in [-0.3, -0.25) is 19.0 Å².